The van der Waals surface area contributed by atoms with Crippen LogP contribution in [0.1, 0.15) is 26.3 Å². The number of hydrogen-bond donors (Lipinski definition) is 1. The number of carbonyl (C=O) groups is 2. The lowest BCUT2D eigenvalue weighted by molar-refractivity contribution is 0.0600. The molecule has 2 aromatic carbocycles. The average Bonchev–Trinajstić information content (AvgIpc) is 3.10. The lowest BCUT2D eigenvalue weighted by atomic mass is 10.1. The van der Waals surface area contributed by atoms with E-state index in [0.717, 1.165) is 11.1 Å². The first-order valence-corrected chi connectivity index (χ1v) is 7.47. The van der Waals surface area contributed by atoms with E-state index in [1.807, 2.05) is 31.2 Å². The molecule has 0 saturated carbocycles. The Morgan fingerprint density at radius 3 is 2.24 bits per heavy atom. The lowest BCUT2D eigenvalue weighted by Gasteiger charge is -2.02. The summed E-state index contributed by atoms with van der Waals surface area (Å²) in [4.78, 5) is 23.6. The number of benzene rings is 2. The number of anilines is 1. The average molecular weight is 337 g/mol. The molecule has 0 aliphatic carbocycles. The van der Waals surface area contributed by atoms with Crippen molar-refractivity contribution in [3.8, 4) is 11.5 Å². The van der Waals surface area contributed by atoms with Crippen LogP contribution in [0.25, 0.3) is 11.5 Å². The van der Waals surface area contributed by atoms with Gasteiger partial charge in [0, 0.05) is 11.1 Å². The Balaban J connectivity index is 1.71. The van der Waals surface area contributed by atoms with Crippen molar-refractivity contribution in [3.05, 3.63) is 65.2 Å². The van der Waals surface area contributed by atoms with Crippen LogP contribution in [0.2, 0.25) is 0 Å². The number of carbonyl (C=O) groups excluding carboxylic acids is 2. The van der Waals surface area contributed by atoms with E-state index in [1.165, 1.54) is 31.4 Å². The fraction of sp³-hybridized carbons (Fsp3) is 0.111. The zero-order chi connectivity index (χ0) is 17.8. The Kier molecular flexibility index (Phi) is 4.56. The maximum atomic E-state index is 12.2. The second-order valence-electron chi connectivity index (χ2n) is 5.30. The van der Waals surface area contributed by atoms with Gasteiger partial charge in [0.25, 0.3) is 5.91 Å². The number of methoxy groups -OCH3 is 1. The van der Waals surface area contributed by atoms with Crippen LogP contribution >= 0.6 is 0 Å². The van der Waals surface area contributed by atoms with Gasteiger partial charge in [-0.2, -0.15) is 0 Å². The first-order valence-electron chi connectivity index (χ1n) is 7.47. The SMILES string of the molecule is COC(=O)c1ccc(C(=O)Nc2nnc(-c3ccc(C)cc3)o2)cc1. The van der Waals surface area contributed by atoms with Gasteiger partial charge in [-0.3, -0.25) is 10.1 Å². The number of hydrogen-bond acceptors (Lipinski definition) is 6. The van der Waals surface area contributed by atoms with Crippen LogP contribution in [0.5, 0.6) is 0 Å². The van der Waals surface area contributed by atoms with E-state index in [2.05, 4.69) is 20.3 Å². The number of ether oxygens (including phenoxy) is 1. The summed E-state index contributed by atoms with van der Waals surface area (Å²) in [6, 6.07) is 13.6. The molecule has 3 rings (SSSR count). The highest BCUT2D eigenvalue weighted by atomic mass is 16.5. The van der Waals surface area contributed by atoms with Crippen molar-refractivity contribution < 1.29 is 18.7 Å². The molecule has 25 heavy (non-hydrogen) atoms. The highest BCUT2D eigenvalue weighted by molar-refractivity contribution is 6.03. The maximum Gasteiger partial charge on any atom is 0.337 e. The Morgan fingerprint density at radius 1 is 0.960 bits per heavy atom. The monoisotopic (exact) mass is 337 g/mol. The maximum absolute atomic E-state index is 12.2. The molecule has 0 radical (unpaired) electrons. The summed E-state index contributed by atoms with van der Waals surface area (Å²) >= 11 is 0. The first kappa shape index (κ1) is 16.4. The van der Waals surface area contributed by atoms with Crippen molar-refractivity contribution in [1.29, 1.82) is 0 Å². The van der Waals surface area contributed by atoms with E-state index in [9.17, 15) is 9.59 Å². The molecule has 0 bridgehead atoms. The molecule has 1 N–H and O–H groups in total. The molecule has 126 valence electrons. The van der Waals surface area contributed by atoms with Crippen LogP contribution in [-0.4, -0.2) is 29.2 Å². The molecule has 7 nitrogen and oxygen atoms in total. The van der Waals surface area contributed by atoms with E-state index < -0.39 is 11.9 Å². The van der Waals surface area contributed by atoms with Gasteiger partial charge in [-0.05, 0) is 43.3 Å². The second kappa shape index (κ2) is 6.96. The summed E-state index contributed by atoms with van der Waals surface area (Å²) in [6.45, 7) is 1.98. The van der Waals surface area contributed by atoms with Gasteiger partial charge in [0.2, 0.25) is 5.89 Å². The Morgan fingerprint density at radius 2 is 1.60 bits per heavy atom. The van der Waals surface area contributed by atoms with Gasteiger partial charge >= 0.3 is 12.0 Å². The minimum absolute atomic E-state index is 0.00220. The summed E-state index contributed by atoms with van der Waals surface area (Å²) in [6.07, 6.45) is 0. The van der Waals surface area contributed by atoms with Crippen molar-refractivity contribution in [3.63, 3.8) is 0 Å². The zero-order valence-electron chi connectivity index (χ0n) is 13.6. The standard InChI is InChI=1S/C18H15N3O4/c1-11-3-5-13(6-4-11)16-20-21-18(25-16)19-15(22)12-7-9-14(10-8-12)17(23)24-2/h3-10H,1-2H3,(H,19,21,22). The fourth-order valence-corrected chi connectivity index (χ4v) is 2.13. The third kappa shape index (κ3) is 3.72. The topological polar surface area (TPSA) is 94.3 Å². The number of aromatic nitrogens is 2. The Labute approximate surface area is 143 Å². The highest BCUT2D eigenvalue weighted by Crippen LogP contribution is 2.20. The van der Waals surface area contributed by atoms with Gasteiger partial charge in [-0.15, -0.1) is 5.10 Å². The van der Waals surface area contributed by atoms with Crippen LogP contribution in [-0.2, 0) is 4.74 Å². The Hall–Kier alpha value is -3.48. The van der Waals surface area contributed by atoms with E-state index in [4.69, 9.17) is 4.42 Å². The van der Waals surface area contributed by atoms with Gasteiger partial charge in [0.1, 0.15) is 0 Å². The van der Waals surface area contributed by atoms with Crippen LogP contribution < -0.4 is 5.32 Å². The van der Waals surface area contributed by atoms with Gasteiger partial charge in [-0.25, -0.2) is 4.79 Å². The summed E-state index contributed by atoms with van der Waals surface area (Å²) in [5, 5.41) is 10.3. The largest absolute Gasteiger partial charge is 0.465 e. The normalized spacial score (nSPS) is 10.3. The molecule has 1 aromatic heterocycles. The predicted octanol–water partition coefficient (Wildman–Crippen LogP) is 3.08. The van der Waals surface area contributed by atoms with Crippen molar-refractivity contribution in [2.24, 2.45) is 0 Å². The number of rotatable bonds is 4. The van der Waals surface area contributed by atoms with Crippen LogP contribution in [0.4, 0.5) is 6.01 Å². The molecular formula is C18H15N3O4. The molecular weight excluding hydrogens is 322 g/mol. The second-order valence-corrected chi connectivity index (χ2v) is 5.30. The summed E-state index contributed by atoms with van der Waals surface area (Å²) in [5.74, 6) is -0.571. The third-order valence-electron chi connectivity index (χ3n) is 3.51. The molecule has 0 atom stereocenters. The van der Waals surface area contributed by atoms with E-state index in [1.54, 1.807) is 0 Å². The molecule has 0 saturated heterocycles. The summed E-state index contributed by atoms with van der Waals surface area (Å²) in [5.41, 5.74) is 2.59. The Bertz CT molecular complexity index is 899. The van der Waals surface area contributed by atoms with Gasteiger partial charge < -0.3 is 9.15 Å². The zero-order valence-corrected chi connectivity index (χ0v) is 13.6. The quantitative estimate of drug-likeness (QED) is 0.735. The number of aryl methyl sites for hydroxylation is 1. The lowest BCUT2D eigenvalue weighted by Crippen LogP contribution is -2.12. The molecule has 1 heterocycles. The van der Waals surface area contributed by atoms with Crippen molar-refractivity contribution in [1.82, 2.24) is 10.2 Å². The van der Waals surface area contributed by atoms with E-state index in [0.29, 0.717) is 17.0 Å². The molecule has 3 aromatic rings. The van der Waals surface area contributed by atoms with Gasteiger partial charge in [0.15, 0.2) is 0 Å². The van der Waals surface area contributed by atoms with Crippen molar-refractivity contribution in [2.75, 3.05) is 12.4 Å². The van der Waals surface area contributed by atoms with E-state index in [-0.39, 0.29) is 6.01 Å². The molecule has 0 spiro atoms. The van der Waals surface area contributed by atoms with Crippen LogP contribution in [0, 0.1) is 6.92 Å². The van der Waals surface area contributed by atoms with E-state index >= 15 is 0 Å². The summed E-state index contributed by atoms with van der Waals surface area (Å²) in [7, 11) is 1.30. The number of amides is 1. The molecule has 7 heteroatoms. The third-order valence-corrected chi connectivity index (χ3v) is 3.51. The predicted molar refractivity (Wildman–Crippen MR) is 90.2 cm³/mol. The number of esters is 1. The molecule has 1 amide bonds. The first-order chi connectivity index (χ1) is 12.1. The van der Waals surface area contributed by atoms with Crippen LogP contribution in [0.3, 0.4) is 0 Å². The van der Waals surface area contributed by atoms with Gasteiger partial charge in [0.05, 0.1) is 12.7 Å². The minimum atomic E-state index is -0.466. The van der Waals surface area contributed by atoms with Gasteiger partial charge in [-0.1, -0.05) is 22.8 Å². The van der Waals surface area contributed by atoms with Crippen molar-refractivity contribution >= 4 is 17.9 Å². The highest BCUT2D eigenvalue weighted by Gasteiger charge is 2.13. The smallest absolute Gasteiger partial charge is 0.337 e. The van der Waals surface area contributed by atoms with Crippen LogP contribution in [0.15, 0.2) is 52.9 Å². The molecule has 0 unspecified atom stereocenters. The minimum Gasteiger partial charge on any atom is -0.465 e. The summed E-state index contributed by atoms with van der Waals surface area (Å²) < 4.78 is 10.1. The van der Waals surface area contributed by atoms with Crippen molar-refractivity contribution in [2.45, 2.75) is 6.92 Å². The molecule has 0 aliphatic rings. The number of nitrogens with zero attached hydrogens (tertiary/aromatic N) is 2. The fourth-order valence-electron chi connectivity index (χ4n) is 2.13. The molecule has 0 aliphatic heterocycles. The number of nitrogens with one attached hydrogen (secondary N) is 1. The molecule has 0 fully saturated rings.